The fourth-order valence-electron chi connectivity index (χ4n) is 3.42. The first-order chi connectivity index (χ1) is 13.8. The van der Waals surface area contributed by atoms with Crippen LogP contribution in [0.15, 0.2) is 36.5 Å². The van der Waals surface area contributed by atoms with Crippen molar-refractivity contribution in [2.45, 2.75) is 50.2 Å². The molecule has 2 aromatic rings. The number of alkyl halides is 3. The van der Waals surface area contributed by atoms with Crippen LogP contribution in [0.3, 0.4) is 0 Å². The maximum Gasteiger partial charge on any atom is 0.397 e. The lowest BCUT2D eigenvalue weighted by atomic mass is 9.82. The molecule has 1 aliphatic rings. The third kappa shape index (κ3) is 6.22. The van der Waals surface area contributed by atoms with Gasteiger partial charge in [-0.2, -0.15) is 18.3 Å². The number of amides is 1. The molecule has 1 saturated carbocycles. The van der Waals surface area contributed by atoms with Crippen LogP contribution in [0.25, 0.3) is 0 Å². The normalized spacial score (nSPS) is 19.4. The third-order valence-corrected chi connectivity index (χ3v) is 5.21. The van der Waals surface area contributed by atoms with Gasteiger partial charge in [-0.1, -0.05) is 41.9 Å². The minimum atomic E-state index is -4.59. The van der Waals surface area contributed by atoms with E-state index < -0.39 is 18.5 Å². The highest BCUT2D eigenvalue weighted by Crippen LogP contribution is 2.35. The SMILES string of the molecule is O=C(CC(F)(F)F)NNc1nncc(NC2CCC(c3ccccc3)CC2)c1Cl. The van der Waals surface area contributed by atoms with Crippen LogP contribution >= 0.6 is 11.6 Å². The van der Waals surface area contributed by atoms with Gasteiger partial charge in [-0.15, -0.1) is 5.10 Å². The highest BCUT2D eigenvalue weighted by atomic mass is 35.5. The molecule has 0 radical (unpaired) electrons. The predicted molar refractivity (Wildman–Crippen MR) is 105 cm³/mol. The standard InChI is InChI=1S/C19H21ClF3N5O/c20-17-15(11-24-27-18(17)28-26-16(29)10-19(21,22)23)25-14-8-6-13(7-9-14)12-4-2-1-3-5-12/h1-5,11,13-14H,6-10H2,(H,26,29)(H2,25,27,28). The van der Waals surface area contributed by atoms with Crippen LogP contribution in [0, 0.1) is 0 Å². The quantitative estimate of drug-likeness (QED) is 0.584. The van der Waals surface area contributed by atoms with Crippen molar-refractivity contribution in [3.8, 4) is 0 Å². The second kappa shape index (κ2) is 9.30. The Morgan fingerprint density at radius 1 is 1.14 bits per heavy atom. The summed E-state index contributed by atoms with van der Waals surface area (Å²) in [6, 6.07) is 10.6. The summed E-state index contributed by atoms with van der Waals surface area (Å²) in [5.74, 6) is -0.737. The van der Waals surface area contributed by atoms with Crippen LogP contribution in [-0.4, -0.2) is 28.3 Å². The van der Waals surface area contributed by atoms with Crippen LogP contribution in [0.5, 0.6) is 0 Å². The highest BCUT2D eigenvalue weighted by molar-refractivity contribution is 6.35. The van der Waals surface area contributed by atoms with Gasteiger partial charge in [0, 0.05) is 6.04 Å². The van der Waals surface area contributed by atoms with Gasteiger partial charge in [0.2, 0.25) is 5.91 Å². The summed E-state index contributed by atoms with van der Waals surface area (Å²) >= 11 is 6.27. The lowest BCUT2D eigenvalue weighted by molar-refractivity contribution is -0.153. The second-order valence-electron chi connectivity index (χ2n) is 6.99. The number of rotatable bonds is 6. The molecule has 1 heterocycles. The van der Waals surface area contributed by atoms with Crippen LogP contribution in [0.1, 0.15) is 43.6 Å². The monoisotopic (exact) mass is 427 g/mol. The number of anilines is 2. The molecule has 0 bridgehead atoms. The van der Waals surface area contributed by atoms with E-state index in [1.807, 2.05) is 23.6 Å². The van der Waals surface area contributed by atoms with E-state index in [2.05, 4.69) is 33.1 Å². The summed E-state index contributed by atoms with van der Waals surface area (Å²) in [5.41, 5.74) is 6.08. The first kappa shape index (κ1) is 21.2. The number of hydrazine groups is 1. The molecule has 0 aliphatic heterocycles. The minimum Gasteiger partial charge on any atom is -0.380 e. The number of carbonyl (C=O) groups excluding carboxylic acids is 1. The van der Waals surface area contributed by atoms with Crippen molar-refractivity contribution < 1.29 is 18.0 Å². The Labute approximate surface area is 171 Å². The zero-order valence-corrected chi connectivity index (χ0v) is 16.2. The van der Waals surface area contributed by atoms with Gasteiger partial charge in [-0.25, -0.2) is 0 Å². The molecule has 29 heavy (non-hydrogen) atoms. The van der Waals surface area contributed by atoms with E-state index in [0.717, 1.165) is 25.7 Å². The van der Waals surface area contributed by atoms with Gasteiger partial charge in [-0.3, -0.25) is 15.6 Å². The Kier molecular flexibility index (Phi) is 6.79. The fourth-order valence-corrected chi connectivity index (χ4v) is 3.61. The van der Waals surface area contributed by atoms with Crippen LogP contribution in [-0.2, 0) is 4.79 Å². The molecule has 1 aromatic carbocycles. The van der Waals surface area contributed by atoms with Gasteiger partial charge in [-0.05, 0) is 37.2 Å². The summed E-state index contributed by atoms with van der Waals surface area (Å²) in [6.07, 6.45) is -0.773. The van der Waals surface area contributed by atoms with E-state index in [9.17, 15) is 18.0 Å². The van der Waals surface area contributed by atoms with Gasteiger partial charge in [0.05, 0.1) is 11.9 Å². The molecule has 6 nitrogen and oxygen atoms in total. The van der Waals surface area contributed by atoms with Crippen LogP contribution < -0.4 is 16.2 Å². The van der Waals surface area contributed by atoms with Gasteiger partial charge in [0.15, 0.2) is 5.82 Å². The average molecular weight is 428 g/mol. The van der Waals surface area contributed by atoms with E-state index in [0.29, 0.717) is 11.6 Å². The molecule has 0 unspecified atom stereocenters. The van der Waals surface area contributed by atoms with Crippen LogP contribution in [0.2, 0.25) is 5.02 Å². The zero-order valence-electron chi connectivity index (χ0n) is 15.5. The lowest BCUT2D eigenvalue weighted by Gasteiger charge is -2.30. The van der Waals surface area contributed by atoms with Crippen molar-refractivity contribution in [1.82, 2.24) is 15.6 Å². The fraction of sp³-hybridized carbons (Fsp3) is 0.421. The number of carbonyl (C=O) groups is 1. The van der Waals surface area contributed by atoms with E-state index in [1.54, 1.807) is 0 Å². The Morgan fingerprint density at radius 2 is 1.83 bits per heavy atom. The number of benzene rings is 1. The minimum absolute atomic E-state index is 0.0230. The summed E-state index contributed by atoms with van der Waals surface area (Å²) in [7, 11) is 0. The van der Waals surface area contributed by atoms with E-state index in [-0.39, 0.29) is 16.9 Å². The van der Waals surface area contributed by atoms with E-state index in [1.165, 1.54) is 11.8 Å². The number of nitrogens with one attached hydrogen (secondary N) is 3. The average Bonchev–Trinajstić information content (AvgIpc) is 2.68. The molecule has 3 N–H and O–H groups in total. The molecule has 1 fully saturated rings. The topological polar surface area (TPSA) is 78.9 Å². The Hall–Kier alpha value is -2.55. The van der Waals surface area contributed by atoms with Crippen molar-refractivity contribution >= 4 is 29.0 Å². The van der Waals surface area contributed by atoms with Gasteiger partial charge < -0.3 is 5.32 Å². The number of hydrogen-bond acceptors (Lipinski definition) is 5. The van der Waals surface area contributed by atoms with E-state index in [4.69, 9.17) is 11.6 Å². The molecule has 3 rings (SSSR count). The van der Waals surface area contributed by atoms with Gasteiger partial charge in [0.1, 0.15) is 11.4 Å². The molecule has 1 aromatic heterocycles. The summed E-state index contributed by atoms with van der Waals surface area (Å²) in [6.45, 7) is 0. The van der Waals surface area contributed by atoms with E-state index >= 15 is 0 Å². The second-order valence-corrected chi connectivity index (χ2v) is 7.37. The molecule has 0 saturated heterocycles. The first-order valence-corrected chi connectivity index (χ1v) is 9.64. The smallest absolute Gasteiger partial charge is 0.380 e. The molecule has 10 heteroatoms. The third-order valence-electron chi connectivity index (χ3n) is 4.83. The summed E-state index contributed by atoms with van der Waals surface area (Å²) < 4.78 is 36.7. The van der Waals surface area contributed by atoms with Crippen molar-refractivity contribution in [2.24, 2.45) is 0 Å². The molecule has 1 aliphatic carbocycles. The Bertz CT molecular complexity index is 826. The summed E-state index contributed by atoms with van der Waals surface area (Å²) in [4.78, 5) is 11.3. The van der Waals surface area contributed by atoms with Crippen LogP contribution in [0.4, 0.5) is 24.7 Å². The number of hydrogen-bond donors (Lipinski definition) is 3. The molecule has 1 amide bonds. The maximum atomic E-state index is 12.2. The number of aromatic nitrogens is 2. The lowest BCUT2D eigenvalue weighted by Crippen LogP contribution is -2.33. The number of halogens is 4. The Balaban J connectivity index is 1.54. The van der Waals surface area contributed by atoms with Gasteiger partial charge >= 0.3 is 6.18 Å². The molecular weight excluding hydrogens is 407 g/mol. The maximum absolute atomic E-state index is 12.2. The summed E-state index contributed by atoms with van der Waals surface area (Å²) in [5, 5.41) is 11.0. The zero-order chi connectivity index (χ0) is 20.9. The number of nitrogens with zero attached hydrogens (tertiary/aromatic N) is 2. The van der Waals surface area contributed by atoms with Gasteiger partial charge in [0.25, 0.3) is 0 Å². The largest absolute Gasteiger partial charge is 0.397 e. The van der Waals surface area contributed by atoms with Crippen molar-refractivity contribution in [1.29, 1.82) is 0 Å². The van der Waals surface area contributed by atoms with Crippen molar-refractivity contribution in [2.75, 3.05) is 10.7 Å². The molecule has 156 valence electrons. The molecular formula is C19H21ClF3N5O. The molecule has 0 spiro atoms. The first-order valence-electron chi connectivity index (χ1n) is 9.26. The Morgan fingerprint density at radius 3 is 2.48 bits per heavy atom. The predicted octanol–water partition coefficient (Wildman–Crippen LogP) is 4.66. The van der Waals surface area contributed by atoms with Crippen molar-refractivity contribution in [3.63, 3.8) is 0 Å². The highest BCUT2D eigenvalue weighted by Gasteiger charge is 2.31. The van der Waals surface area contributed by atoms with Crippen molar-refractivity contribution in [3.05, 3.63) is 47.1 Å². The molecule has 0 atom stereocenters.